The van der Waals surface area contributed by atoms with Gasteiger partial charge in [0, 0.05) is 11.8 Å². The van der Waals surface area contributed by atoms with Crippen molar-refractivity contribution >= 4 is 48.7 Å². The zero-order chi connectivity index (χ0) is 15.9. The van der Waals surface area contributed by atoms with Gasteiger partial charge < -0.3 is 0 Å². The molecule has 0 aromatic carbocycles. The fourth-order valence-corrected chi connectivity index (χ4v) is 5.80. The lowest BCUT2D eigenvalue weighted by atomic mass is 9.71. The van der Waals surface area contributed by atoms with Crippen LogP contribution in [0, 0.1) is 11.3 Å². The van der Waals surface area contributed by atoms with Crippen molar-refractivity contribution in [3.63, 3.8) is 0 Å². The fourth-order valence-electron chi connectivity index (χ4n) is 3.94. The predicted octanol–water partition coefficient (Wildman–Crippen LogP) is 6.09. The monoisotopic (exact) mass is 366 g/mol. The molecule has 0 unspecified atom stereocenters. The standard InChI is InChI=1S/C16H25Cl3OSi/c1-21(2,3)11-13-12(10-16(17,18)19)9-15(14(13)20)7-5-4-6-8-15/h11-12H,4-10H2,1-3H3/b13-11+/t12-/m0/s1. The number of Topliss-reactive ketones (excluding diaryl/α,β-unsaturated/α-hetero) is 1. The molecule has 2 fully saturated rings. The maximum atomic E-state index is 13.1. The number of rotatable bonds is 2. The van der Waals surface area contributed by atoms with Crippen molar-refractivity contribution in [3.8, 4) is 0 Å². The molecule has 0 aromatic rings. The number of hydrogen-bond donors (Lipinski definition) is 0. The fraction of sp³-hybridized carbons (Fsp3) is 0.812. The number of carbonyl (C=O) groups is 1. The van der Waals surface area contributed by atoms with Crippen LogP contribution in [-0.2, 0) is 4.79 Å². The van der Waals surface area contributed by atoms with Gasteiger partial charge in [-0.3, -0.25) is 4.79 Å². The summed E-state index contributed by atoms with van der Waals surface area (Å²) >= 11 is 18.1. The van der Waals surface area contributed by atoms with E-state index in [0.717, 1.165) is 37.7 Å². The summed E-state index contributed by atoms with van der Waals surface area (Å²) in [5.41, 5.74) is 3.08. The second-order valence-electron chi connectivity index (χ2n) is 7.86. The molecule has 0 heterocycles. The van der Waals surface area contributed by atoms with Gasteiger partial charge in [-0.15, -0.1) is 0 Å². The highest BCUT2D eigenvalue weighted by Gasteiger charge is 2.51. The zero-order valence-corrected chi connectivity index (χ0v) is 16.4. The van der Waals surface area contributed by atoms with Gasteiger partial charge in [0.15, 0.2) is 9.58 Å². The van der Waals surface area contributed by atoms with E-state index in [4.69, 9.17) is 34.8 Å². The van der Waals surface area contributed by atoms with Crippen LogP contribution in [0.25, 0.3) is 0 Å². The van der Waals surface area contributed by atoms with E-state index < -0.39 is 11.9 Å². The highest BCUT2D eigenvalue weighted by molar-refractivity contribution is 6.81. The number of halogens is 3. The van der Waals surface area contributed by atoms with Gasteiger partial charge in [0.25, 0.3) is 0 Å². The van der Waals surface area contributed by atoms with Crippen molar-refractivity contribution < 1.29 is 4.79 Å². The lowest BCUT2D eigenvalue weighted by molar-refractivity contribution is -0.124. The number of ketones is 1. The summed E-state index contributed by atoms with van der Waals surface area (Å²) in [6.45, 7) is 6.77. The first-order chi connectivity index (χ1) is 9.53. The first-order valence-corrected chi connectivity index (χ1v) is 12.6. The van der Waals surface area contributed by atoms with Gasteiger partial charge in [0.1, 0.15) is 0 Å². The quantitative estimate of drug-likeness (QED) is 0.328. The van der Waals surface area contributed by atoms with Crippen LogP contribution >= 0.6 is 34.8 Å². The van der Waals surface area contributed by atoms with Crippen molar-refractivity contribution in [1.29, 1.82) is 0 Å². The Labute approximate surface area is 144 Å². The smallest absolute Gasteiger partial charge is 0.191 e. The molecule has 0 N–H and O–H groups in total. The highest BCUT2D eigenvalue weighted by atomic mass is 35.6. The molecular weight excluding hydrogens is 343 g/mol. The molecule has 0 aromatic heterocycles. The predicted molar refractivity (Wildman–Crippen MR) is 95.0 cm³/mol. The lowest BCUT2D eigenvalue weighted by Crippen LogP contribution is -2.29. The van der Waals surface area contributed by atoms with E-state index in [9.17, 15) is 4.79 Å². The molecule has 21 heavy (non-hydrogen) atoms. The number of hydrogen-bond acceptors (Lipinski definition) is 1. The van der Waals surface area contributed by atoms with Gasteiger partial charge in [-0.2, -0.15) is 0 Å². The summed E-state index contributed by atoms with van der Waals surface area (Å²) in [5.74, 6) is 0.485. The summed E-state index contributed by atoms with van der Waals surface area (Å²) in [6, 6.07) is 0. The summed E-state index contributed by atoms with van der Waals surface area (Å²) in [4.78, 5) is 13.1. The lowest BCUT2D eigenvalue weighted by Gasteiger charge is -2.31. The number of carbonyl (C=O) groups excluding carboxylic acids is 1. The Morgan fingerprint density at radius 2 is 1.76 bits per heavy atom. The molecule has 2 aliphatic rings. The van der Waals surface area contributed by atoms with Crippen LogP contribution in [0.1, 0.15) is 44.9 Å². The molecule has 2 aliphatic carbocycles. The van der Waals surface area contributed by atoms with Crippen molar-refractivity contribution in [2.45, 2.75) is 68.4 Å². The Morgan fingerprint density at radius 1 is 1.19 bits per heavy atom. The summed E-state index contributed by atoms with van der Waals surface area (Å²) < 4.78 is -1.27. The van der Waals surface area contributed by atoms with E-state index in [1.165, 1.54) is 6.42 Å². The number of alkyl halides is 3. The molecule has 1 atom stereocenters. The molecule has 0 amide bonds. The van der Waals surface area contributed by atoms with Crippen molar-refractivity contribution in [2.24, 2.45) is 11.3 Å². The van der Waals surface area contributed by atoms with Crippen molar-refractivity contribution in [3.05, 3.63) is 11.3 Å². The minimum atomic E-state index is -1.47. The molecule has 0 bridgehead atoms. The van der Waals surface area contributed by atoms with Gasteiger partial charge in [-0.25, -0.2) is 0 Å². The van der Waals surface area contributed by atoms with Crippen LogP contribution in [-0.4, -0.2) is 17.6 Å². The summed E-state index contributed by atoms with van der Waals surface area (Å²) in [7, 11) is -1.47. The molecule has 2 rings (SSSR count). The van der Waals surface area contributed by atoms with Gasteiger partial charge in [0.05, 0.1) is 8.07 Å². The second kappa shape index (κ2) is 6.18. The van der Waals surface area contributed by atoms with Gasteiger partial charge in [-0.05, 0) is 30.8 Å². The molecule has 0 saturated heterocycles. The molecule has 2 saturated carbocycles. The third kappa shape index (κ3) is 4.50. The largest absolute Gasteiger partial charge is 0.294 e. The third-order valence-corrected chi connectivity index (χ3v) is 6.34. The van der Waals surface area contributed by atoms with Crippen LogP contribution in [0.2, 0.25) is 19.6 Å². The molecule has 5 heteroatoms. The Morgan fingerprint density at radius 3 is 2.24 bits per heavy atom. The van der Waals surface area contributed by atoms with E-state index in [-0.39, 0.29) is 11.3 Å². The maximum Gasteiger partial charge on any atom is 0.191 e. The average molecular weight is 368 g/mol. The average Bonchev–Trinajstić information content (AvgIpc) is 2.52. The van der Waals surface area contributed by atoms with E-state index in [1.54, 1.807) is 0 Å². The molecule has 0 radical (unpaired) electrons. The second-order valence-corrected chi connectivity index (χ2v) is 15.4. The van der Waals surface area contributed by atoms with Crippen LogP contribution in [0.5, 0.6) is 0 Å². The van der Waals surface area contributed by atoms with E-state index in [0.29, 0.717) is 12.2 Å². The zero-order valence-electron chi connectivity index (χ0n) is 13.1. The van der Waals surface area contributed by atoms with Crippen LogP contribution in [0.15, 0.2) is 11.3 Å². The topological polar surface area (TPSA) is 17.1 Å². The normalized spacial score (nSPS) is 28.6. The first kappa shape index (κ1) is 17.8. The maximum absolute atomic E-state index is 13.1. The number of allylic oxidation sites excluding steroid dienone is 1. The minimum Gasteiger partial charge on any atom is -0.294 e. The third-order valence-electron chi connectivity index (χ3n) is 4.70. The molecule has 0 aliphatic heterocycles. The van der Waals surface area contributed by atoms with Crippen molar-refractivity contribution in [1.82, 2.24) is 0 Å². The molecular formula is C16H25Cl3OSi. The van der Waals surface area contributed by atoms with Gasteiger partial charge in [-0.1, -0.05) is 79.4 Å². The Balaban J connectivity index is 2.33. The molecule has 1 spiro atoms. The van der Waals surface area contributed by atoms with Crippen molar-refractivity contribution in [2.75, 3.05) is 0 Å². The van der Waals surface area contributed by atoms with E-state index in [1.807, 2.05) is 0 Å². The summed E-state index contributed by atoms with van der Waals surface area (Å²) in [5, 5.41) is 0. The van der Waals surface area contributed by atoms with Crippen LogP contribution in [0.3, 0.4) is 0 Å². The van der Waals surface area contributed by atoms with Crippen LogP contribution < -0.4 is 0 Å². The Kier molecular flexibility index (Phi) is 5.25. The summed E-state index contributed by atoms with van der Waals surface area (Å²) in [6.07, 6.45) is 6.95. The highest BCUT2D eigenvalue weighted by Crippen LogP contribution is 2.54. The Hall–Kier alpha value is 0.497. The minimum absolute atomic E-state index is 0.120. The van der Waals surface area contributed by atoms with Gasteiger partial charge >= 0.3 is 0 Å². The SMILES string of the molecule is C[Si](C)(C)/C=C1/C(=O)C2(CCCCC2)C[C@H]1CC(Cl)(Cl)Cl. The first-order valence-electron chi connectivity index (χ1n) is 7.87. The van der Waals surface area contributed by atoms with Crippen LogP contribution in [0.4, 0.5) is 0 Å². The van der Waals surface area contributed by atoms with Gasteiger partial charge in [0.2, 0.25) is 0 Å². The molecule has 120 valence electrons. The van der Waals surface area contributed by atoms with E-state index in [2.05, 4.69) is 25.3 Å². The molecule has 1 nitrogen and oxygen atoms in total. The Bertz CT molecular complexity index is 439. The van der Waals surface area contributed by atoms with E-state index >= 15 is 0 Å².